The van der Waals surface area contributed by atoms with Crippen LogP contribution >= 0.6 is 11.6 Å². The van der Waals surface area contributed by atoms with E-state index in [1.165, 1.54) is 6.08 Å². The summed E-state index contributed by atoms with van der Waals surface area (Å²) in [6.07, 6.45) is 5.37. The molecule has 0 spiro atoms. The molecule has 0 amide bonds. The van der Waals surface area contributed by atoms with E-state index in [0.29, 0.717) is 38.4 Å². The molecule has 3 aromatic carbocycles. The molecule has 186 valence electrons. The average Bonchev–Trinajstić information content (AvgIpc) is 3.27. The van der Waals surface area contributed by atoms with Crippen LogP contribution in [0.25, 0.3) is 28.1 Å². The second kappa shape index (κ2) is 10.3. The number of allylic oxidation sites excluding steroid dienone is 1. The van der Waals surface area contributed by atoms with Gasteiger partial charge in [-0.2, -0.15) is 20.0 Å². The van der Waals surface area contributed by atoms with Crippen LogP contribution in [0.2, 0.25) is 5.02 Å². The smallest absolute Gasteiger partial charge is 0.328 e. The lowest BCUT2D eigenvalue weighted by Gasteiger charge is -2.32. The lowest BCUT2D eigenvalue weighted by atomic mass is 9.72. The van der Waals surface area contributed by atoms with Crippen molar-refractivity contribution in [3.63, 3.8) is 0 Å². The van der Waals surface area contributed by atoms with E-state index in [1.54, 1.807) is 36.4 Å². The van der Waals surface area contributed by atoms with Crippen molar-refractivity contribution < 1.29 is 14.3 Å². The van der Waals surface area contributed by atoms with Crippen LogP contribution in [0, 0.1) is 34.5 Å². The fraction of sp³-hybridized carbons (Fsp3) is 0.133. The SMILES string of the molecule is N#Cc1cc(Cl)ccc1C(=C(c1ccc(C=CC(=O)O)cc1)c1ccc2n[nH]c(F)c2c1C#N)C1CCC1. The van der Waals surface area contributed by atoms with Crippen LogP contribution in [0.5, 0.6) is 0 Å². The topological polar surface area (TPSA) is 114 Å². The van der Waals surface area contributed by atoms with Gasteiger partial charge in [0.25, 0.3) is 0 Å². The molecule has 0 aliphatic heterocycles. The second-order valence-corrected chi connectivity index (χ2v) is 9.48. The van der Waals surface area contributed by atoms with Gasteiger partial charge in [-0.1, -0.05) is 54.4 Å². The lowest BCUT2D eigenvalue weighted by molar-refractivity contribution is -0.131. The first-order valence-corrected chi connectivity index (χ1v) is 12.3. The number of nitrogens with one attached hydrogen (secondary N) is 1. The fourth-order valence-corrected chi connectivity index (χ4v) is 5.05. The maximum atomic E-state index is 14.8. The van der Waals surface area contributed by atoms with Gasteiger partial charge >= 0.3 is 5.97 Å². The number of benzene rings is 3. The molecular weight excluding hydrogens is 503 g/mol. The average molecular weight is 523 g/mol. The molecule has 38 heavy (non-hydrogen) atoms. The van der Waals surface area contributed by atoms with E-state index in [-0.39, 0.29) is 16.9 Å². The highest BCUT2D eigenvalue weighted by Crippen LogP contribution is 2.47. The lowest BCUT2D eigenvalue weighted by Crippen LogP contribution is -2.16. The fourth-order valence-electron chi connectivity index (χ4n) is 4.88. The summed E-state index contributed by atoms with van der Waals surface area (Å²) >= 11 is 6.22. The molecular formula is C30H20ClFN4O2. The molecule has 0 radical (unpaired) electrons. The van der Waals surface area contributed by atoms with Gasteiger partial charge in [0.1, 0.15) is 6.07 Å². The van der Waals surface area contributed by atoms with Gasteiger partial charge in [-0.05, 0) is 70.9 Å². The molecule has 0 saturated heterocycles. The maximum absolute atomic E-state index is 14.8. The standard InChI is InChI=1S/C30H20ClFN4O2/c31-21-9-10-22(20(14-21)15-33)27(18-2-1-3-18)28(19-7-4-17(5-8-19)6-13-26(37)38)23-11-12-25-29(24(23)16-34)30(32)36-35-25/h4-14,18H,1-3H2,(H,35,36)(H,37,38). The van der Waals surface area contributed by atoms with Crippen molar-refractivity contribution in [1.29, 1.82) is 10.5 Å². The van der Waals surface area contributed by atoms with Crippen molar-refractivity contribution in [3.8, 4) is 12.1 Å². The van der Waals surface area contributed by atoms with E-state index in [1.807, 2.05) is 18.2 Å². The number of aliphatic carboxylic acids is 1. The molecule has 1 aliphatic carbocycles. The van der Waals surface area contributed by atoms with Gasteiger partial charge in [-0.3, -0.25) is 5.10 Å². The number of halogens is 2. The number of nitriles is 2. The molecule has 5 rings (SSSR count). The van der Waals surface area contributed by atoms with Crippen molar-refractivity contribution in [2.24, 2.45) is 5.92 Å². The first-order chi connectivity index (χ1) is 18.4. The number of H-pyrrole nitrogens is 1. The minimum atomic E-state index is -1.05. The molecule has 1 heterocycles. The third kappa shape index (κ3) is 4.56. The van der Waals surface area contributed by atoms with E-state index in [2.05, 4.69) is 22.3 Å². The molecule has 0 atom stereocenters. The van der Waals surface area contributed by atoms with Gasteiger partial charge in [0.05, 0.1) is 28.1 Å². The number of rotatable bonds is 6. The second-order valence-electron chi connectivity index (χ2n) is 9.04. The van der Waals surface area contributed by atoms with Crippen molar-refractivity contribution in [2.75, 3.05) is 0 Å². The summed E-state index contributed by atoms with van der Waals surface area (Å²) in [6.45, 7) is 0. The summed E-state index contributed by atoms with van der Waals surface area (Å²) in [7, 11) is 0. The first-order valence-electron chi connectivity index (χ1n) is 11.9. The number of carboxylic acid groups (broad SMARTS) is 1. The minimum Gasteiger partial charge on any atom is -0.478 e. The van der Waals surface area contributed by atoms with Gasteiger partial charge < -0.3 is 5.11 Å². The van der Waals surface area contributed by atoms with Gasteiger partial charge in [0, 0.05) is 16.7 Å². The molecule has 4 aromatic rings. The first kappa shape index (κ1) is 25.0. The van der Waals surface area contributed by atoms with E-state index in [4.69, 9.17) is 16.7 Å². The molecule has 2 N–H and O–H groups in total. The largest absolute Gasteiger partial charge is 0.478 e. The van der Waals surface area contributed by atoms with Crippen LogP contribution < -0.4 is 0 Å². The molecule has 0 unspecified atom stereocenters. The number of aromatic nitrogens is 2. The highest BCUT2D eigenvalue weighted by Gasteiger charge is 2.30. The minimum absolute atomic E-state index is 0.105. The third-order valence-corrected chi connectivity index (χ3v) is 7.09. The highest BCUT2D eigenvalue weighted by atomic mass is 35.5. The Balaban J connectivity index is 1.86. The van der Waals surface area contributed by atoms with Crippen LogP contribution in [-0.4, -0.2) is 21.3 Å². The molecule has 1 saturated carbocycles. The monoisotopic (exact) mass is 522 g/mol. The number of carbonyl (C=O) groups is 1. The number of aromatic amines is 1. The van der Waals surface area contributed by atoms with E-state index in [9.17, 15) is 19.7 Å². The highest BCUT2D eigenvalue weighted by molar-refractivity contribution is 6.30. The third-order valence-electron chi connectivity index (χ3n) is 6.85. The molecule has 1 aliphatic rings. The van der Waals surface area contributed by atoms with E-state index < -0.39 is 11.9 Å². The zero-order chi connectivity index (χ0) is 26.8. The summed E-state index contributed by atoms with van der Waals surface area (Å²) in [5.74, 6) is -1.63. The Hall–Kier alpha value is -4.72. The van der Waals surface area contributed by atoms with Crippen LogP contribution in [0.1, 0.15) is 52.6 Å². The Morgan fingerprint density at radius 3 is 2.45 bits per heavy atom. The molecule has 1 fully saturated rings. The number of hydrogen-bond donors (Lipinski definition) is 2. The van der Waals surface area contributed by atoms with Crippen molar-refractivity contribution in [3.05, 3.63) is 105 Å². The van der Waals surface area contributed by atoms with Crippen molar-refractivity contribution >= 4 is 45.7 Å². The zero-order valence-corrected chi connectivity index (χ0v) is 20.8. The van der Waals surface area contributed by atoms with Gasteiger partial charge in [0.2, 0.25) is 5.95 Å². The predicted octanol–water partition coefficient (Wildman–Crippen LogP) is 6.96. The quantitative estimate of drug-likeness (QED) is 0.210. The number of carboxylic acids is 1. The van der Waals surface area contributed by atoms with Gasteiger partial charge in [-0.15, -0.1) is 0 Å². The van der Waals surface area contributed by atoms with Gasteiger partial charge in [-0.25, -0.2) is 4.79 Å². The Morgan fingerprint density at radius 2 is 1.82 bits per heavy atom. The summed E-state index contributed by atoms with van der Waals surface area (Å²) in [4.78, 5) is 11.0. The van der Waals surface area contributed by atoms with Crippen LogP contribution in [0.3, 0.4) is 0 Å². The van der Waals surface area contributed by atoms with Crippen LogP contribution in [0.4, 0.5) is 4.39 Å². The number of nitrogens with zero attached hydrogens (tertiary/aromatic N) is 3. The van der Waals surface area contributed by atoms with Gasteiger partial charge in [0.15, 0.2) is 0 Å². The molecule has 0 bridgehead atoms. The Bertz CT molecular complexity index is 1720. The van der Waals surface area contributed by atoms with Crippen LogP contribution in [0.15, 0.2) is 60.7 Å². The normalized spacial score (nSPS) is 14.1. The van der Waals surface area contributed by atoms with Crippen LogP contribution in [-0.2, 0) is 4.79 Å². The maximum Gasteiger partial charge on any atom is 0.328 e. The van der Waals surface area contributed by atoms with E-state index in [0.717, 1.165) is 36.5 Å². The molecule has 1 aromatic heterocycles. The molecule has 8 heteroatoms. The van der Waals surface area contributed by atoms with Crippen molar-refractivity contribution in [1.82, 2.24) is 10.2 Å². The van der Waals surface area contributed by atoms with Crippen molar-refractivity contribution in [2.45, 2.75) is 19.3 Å². The summed E-state index contributed by atoms with van der Waals surface area (Å²) in [5.41, 5.74) is 5.15. The predicted molar refractivity (Wildman–Crippen MR) is 143 cm³/mol. The Kier molecular flexibility index (Phi) is 6.79. The Labute approximate surface area is 222 Å². The summed E-state index contributed by atoms with van der Waals surface area (Å²) in [5, 5.41) is 36.0. The number of fused-ring (bicyclic) bond motifs is 1. The van der Waals surface area contributed by atoms with E-state index >= 15 is 0 Å². The Morgan fingerprint density at radius 1 is 1.08 bits per heavy atom. The number of hydrogen-bond acceptors (Lipinski definition) is 4. The zero-order valence-electron chi connectivity index (χ0n) is 20.0. The summed E-state index contributed by atoms with van der Waals surface area (Å²) in [6, 6.07) is 20.3. The summed E-state index contributed by atoms with van der Waals surface area (Å²) < 4.78 is 14.8. The molecule has 6 nitrogen and oxygen atoms in total.